The van der Waals surface area contributed by atoms with E-state index >= 15 is 0 Å². The minimum absolute atomic E-state index is 0.0592. The van der Waals surface area contributed by atoms with Gasteiger partial charge in [-0.3, -0.25) is 14.3 Å². The van der Waals surface area contributed by atoms with E-state index in [1.165, 1.54) is 4.90 Å². The van der Waals surface area contributed by atoms with E-state index in [4.69, 9.17) is 20.0 Å². The van der Waals surface area contributed by atoms with Gasteiger partial charge in [-0.2, -0.15) is 10.5 Å². The number of benzene rings is 2. The Morgan fingerprint density at radius 2 is 1.78 bits per heavy atom. The highest BCUT2D eigenvalue weighted by atomic mass is 19.1. The van der Waals surface area contributed by atoms with E-state index in [2.05, 4.69) is 17.1 Å². The maximum absolute atomic E-state index is 13.7. The van der Waals surface area contributed by atoms with E-state index in [0.717, 1.165) is 5.56 Å². The third-order valence-electron chi connectivity index (χ3n) is 5.44. The van der Waals surface area contributed by atoms with Gasteiger partial charge >= 0.3 is 6.09 Å². The fourth-order valence-corrected chi connectivity index (χ4v) is 3.72. The summed E-state index contributed by atoms with van der Waals surface area (Å²) in [7, 11) is 0. The molecule has 0 spiro atoms. The van der Waals surface area contributed by atoms with Gasteiger partial charge in [-0.15, -0.1) is 0 Å². The fourth-order valence-electron chi connectivity index (χ4n) is 3.72. The van der Waals surface area contributed by atoms with Crippen LogP contribution in [-0.4, -0.2) is 23.4 Å². The van der Waals surface area contributed by atoms with Crippen LogP contribution in [0.4, 0.5) is 14.9 Å². The fraction of sp³-hybridized carbons (Fsp3) is 0.310. The van der Waals surface area contributed by atoms with Crippen LogP contribution in [0.25, 0.3) is 0 Å². The van der Waals surface area contributed by atoms with Crippen molar-refractivity contribution in [3.63, 3.8) is 0 Å². The lowest BCUT2D eigenvalue weighted by molar-refractivity contribution is 0.0577. The van der Waals surface area contributed by atoms with Gasteiger partial charge < -0.3 is 9.47 Å². The first-order valence-electron chi connectivity index (χ1n) is 11.8. The molecule has 0 atom stereocenters. The predicted octanol–water partition coefficient (Wildman–Crippen LogP) is 6.17. The molecule has 37 heavy (non-hydrogen) atoms. The number of alkyl halides is 1. The van der Waals surface area contributed by atoms with Gasteiger partial charge in [0.05, 0.1) is 42.2 Å². The van der Waals surface area contributed by atoms with Crippen LogP contribution in [0.3, 0.4) is 0 Å². The molecule has 1 amide bonds. The zero-order valence-corrected chi connectivity index (χ0v) is 21.4. The van der Waals surface area contributed by atoms with Crippen LogP contribution in [0.5, 0.6) is 5.75 Å². The molecular formula is C29H29FN4O3. The normalized spacial score (nSPS) is 10.8. The van der Waals surface area contributed by atoms with Crippen molar-refractivity contribution in [2.75, 3.05) is 11.6 Å². The molecular weight excluding hydrogens is 471 g/mol. The Morgan fingerprint density at radius 1 is 1.08 bits per heavy atom. The van der Waals surface area contributed by atoms with Gasteiger partial charge in [-0.05, 0) is 75.2 Å². The molecule has 0 fully saturated rings. The van der Waals surface area contributed by atoms with Crippen LogP contribution in [-0.2, 0) is 24.3 Å². The SMILES string of the molecule is Cc1ncc(CN(C(=O)OC(C)(C)C)c2ccc(C#N)cc2)c(CCF)c1OCc1cccc(C#N)c1. The zero-order valence-electron chi connectivity index (χ0n) is 21.4. The first-order chi connectivity index (χ1) is 17.6. The van der Waals surface area contributed by atoms with E-state index in [1.54, 1.807) is 76.4 Å². The van der Waals surface area contributed by atoms with Gasteiger partial charge in [0.1, 0.15) is 18.0 Å². The molecule has 1 heterocycles. The lowest BCUT2D eigenvalue weighted by atomic mass is 10.0. The summed E-state index contributed by atoms with van der Waals surface area (Å²) in [5, 5.41) is 18.3. The summed E-state index contributed by atoms with van der Waals surface area (Å²) < 4.78 is 25.4. The molecule has 8 heteroatoms. The highest BCUT2D eigenvalue weighted by molar-refractivity contribution is 5.88. The Labute approximate surface area is 216 Å². The molecule has 3 aromatic rings. The van der Waals surface area contributed by atoms with Gasteiger partial charge in [-0.25, -0.2) is 4.79 Å². The summed E-state index contributed by atoms with van der Waals surface area (Å²) in [6, 6.07) is 17.8. The molecule has 0 saturated carbocycles. The molecule has 0 aliphatic carbocycles. The summed E-state index contributed by atoms with van der Waals surface area (Å²) in [4.78, 5) is 19.1. The standard InChI is InChI=1S/C29H29FN4O3/c1-20-27(36-19-23-7-5-6-22(14-23)16-32)26(12-13-30)24(17-33-20)18-34(28(35)37-29(2,3)4)25-10-8-21(15-31)9-11-25/h5-11,14,17H,12-13,18-19H2,1-4H3. The molecule has 0 saturated heterocycles. The third kappa shape index (κ3) is 7.28. The van der Waals surface area contributed by atoms with Crippen molar-refractivity contribution in [3.05, 3.63) is 88.2 Å². The van der Waals surface area contributed by atoms with E-state index < -0.39 is 18.4 Å². The second-order valence-corrected chi connectivity index (χ2v) is 9.44. The van der Waals surface area contributed by atoms with Crippen molar-refractivity contribution < 1.29 is 18.7 Å². The number of hydrogen-bond acceptors (Lipinski definition) is 6. The largest absolute Gasteiger partial charge is 0.487 e. The number of halogens is 1. The molecule has 3 rings (SSSR count). The van der Waals surface area contributed by atoms with Gasteiger partial charge in [0, 0.05) is 23.9 Å². The minimum atomic E-state index is -0.735. The highest BCUT2D eigenvalue weighted by Gasteiger charge is 2.26. The lowest BCUT2D eigenvalue weighted by Crippen LogP contribution is -2.36. The first-order valence-corrected chi connectivity index (χ1v) is 11.8. The Bertz CT molecular complexity index is 1340. The summed E-state index contributed by atoms with van der Waals surface area (Å²) in [6.45, 7) is 6.71. The molecule has 0 unspecified atom stereocenters. The number of rotatable bonds is 8. The average molecular weight is 501 g/mol. The van der Waals surface area contributed by atoms with Crippen LogP contribution in [0, 0.1) is 29.6 Å². The number of ether oxygens (including phenoxy) is 2. The number of anilines is 1. The molecule has 190 valence electrons. The van der Waals surface area contributed by atoms with Crippen LogP contribution in [0.15, 0.2) is 54.7 Å². The number of nitrogens with zero attached hydrogens (tertiary/aromatic N) is 4. The van der Waals surface area contributed by atoms with E-state index in [9.17, 15) is 9.18 Å². The Balaban J connectivity index is 1.98. The summed E-state index contributed by atoms with van der Waals surface area (Å²) in [6.07, 6.45) is 1.10. The molecule has 0 N–H and O–H groups in total. The van der Waals surface area contributed by atoms with E-state index in [-0.39, 0.29) is 19.6 Å². The smallest absolute Gasteiger partial charge is 0.415 e. The van der Waals surface area contributed by atoms with Crippen molar-refractivity contribution in [2.45, 2.75) is 52.9 Å². The number of aromatic nitrogens is 1. The van der Waals surface area contributed by atoms with E-state index in [0.29, 0.717) is 39.4 Å². The number of aryl methyl sites for hydroxylation is 1. The van der Waals surface area contributed by atoms with Gasteiger partial charge in [0.25, 0.3) is 0 Å². The predicted molar refractivity (Wildman–Crippen MR) is 138 cm³/mol. The maximum Gasteiger partial charge on any atom is 0.415 e. The molecule has 0 radical (unpaired) electrons. The summed E-state index contributed by atoms with van der Waals surface area (Å²) >= 11 is 0. The van der Waals surface area contributed by atoms with Crippen molar-refractivity contribution in [3.8, 4) is 17.9 Å². The number of nitriles is 2. The van der Waals surface area contributed by atoms with Crippen molar-refractivity contribution >= 4 is 11.8 Å². The summed E-state index contributed by atoms with van der Waals surface area (Å²) in [5.41, 5.74) is 3.36. The molecule has 7 nitrogen and oxygen atoms in total. The lowest BCUT2D eigenvalue weighted by Gasteiger charge is -2.28. The number of carbonyl (C=O) groups is 1. The number of carbonyl (C=O) groups excluding carboxylic acids is 1. The molecule has 1 aromatic heterocycles. The molecule has 2 aromatic carbocycles. The molecule has 0 aliphatic heterocycles. The number of hydrogen-bond donors (Lipinski definition) is 0. The Kier molecular flexibility index (Phi) is 8.81. The second kappa shape index (κ2) is 12.0. The number of pyridine rings is 1. The molecule has 0 bridgehead atoms. The van der Waals surface area contributed by atoms with Crippen molar-refractivity contribution in [1.82, 2.24) is 4.98 Å². The molecule has 0 aliphatic rings. The summed E-state index contributed by atoms with van der Waals surface area (Å²) in [5.74, 6) is 0.446. The van der Waals surface area contributed by atoms with Crippen LogP contribution in [0.2, 0.25) is 0 Å². The maximum atomic E-state index is 13.7. The van der Waals surface area contributed by atoms with E-state index in [1.807, 2.05) is 6.07 Å². The quantitative estimate of drug-likeness (QED) is 0.367. The van der Waals surface area contributed by atoms with Crippen molar-refractivity contribution in [2.24, 2.45) is 0 Å². The van der Waals surface area contributed by atoms with Gasteiger partial charge in [0.2, 0.25) is 0 Å². The zero-order chi connectivity index (χ0) is 27.0. The topological polar surface area (TPSA) is 99.2 Å². The number of amides is 1. The Hall–Kier alpha value is -4.43. The van der Waals surface area contributed by atoms with Crippen LogP contribution < -0.4 is 9.64 Å². The van der Waals surface area contributed by atoms with Crippen molar-refractivity contribution in [1.29, 1.82) is 10.5 Å². The minimum Gasteiger partial charge on any atom is -0.487 e. The Morgan fingerprint density at radius 3 is 2.41 bits per heavy atom. The second-order valence-electron chi connectivity index (χ2n) is 9.44. The van der Waals surface area contributed by atoms with Crippen LogP contribution >= 0.6 is 0 Å². The highest BCUT2D eigenvalue weighted by Crippen LogP contribution is 2.30. The third-order valence-corrected chi connectivity index (χ3v) is 5.44. The van der Waals surface area contributed by atoms with Gasteiger partial charge in [-0.1, -0.05) is 12.1 Å². The average Bonchev–Trinajstić information content (AvgIpc) is 2.87. The van der Waals surface area contributed by atoms with Crippen LogP contribution in [0.1, 0.15) is 54.3 Å². The monoisotopic (exact) mass is 500 g/mol. The van der Waals surface area contributed by atoms with Gasteiger partial charge in [0.15, 0.2) is 0 Å². The first kappa shape index (κ1) is 27.2.